The zero-order valence-electron chi connectivity index (χ0n) is 17.4. The van der Waals surface area contributed by atoms with E-state index in [0.717, 1.165) is 16.8 Å². The Balaban J connectivity index is 1.83. The summed E-state index contributed by atoms with van der Waals surface area (Å²) in [5, 5.41) is 11.8. The fourth-order valence-electron chi connectivity index (χ4n) is 3.80. The molecule has 0 bridgehead atoms. The summed E-state index contributed by atoms with van der Waals surface area (Å²) in [5.74, 6) is -0.0249. The van der Waals surface area contributed by atoms with Crippen molar-refractivity contribution in [1.29, 1.82) is 5.26 Å². The van der Waals surface area contributed by atoms with Crippen LogP contribution in [0.2, 0.25) is 0 Å². The van der Waals surface area contributed by atoms with Crippen molar-refractivity contribution in [1.82, 2.24) is 0 Å². The molecule has 1 atom stereocenters. The van der Waals surface area contributed by atoms with E-state index in [0.29, 0.717) is 17.8 Å². The number of hydrogen-bond acceptors (Lipinski definition) is 3. The molecule has 5 nitrogen and oxygen atoms in total. The van der Waals surface area contributed by atoms with Crippen LogP contribution in [0.1, 0.15) is 62.6 Å². The highest BCUT2D eigenvalue weighted by Gasteiger charge is 2.37. The second kappa shape index (κ2) is 8.48. The molecular weight excluding hydrogens is 362 g/mol. The number of nitrogens with zero attached hydrogens (tertiary/aromatic N) is 2. The van der Waals surface area contributed by atoms with Crippen LogP contribution in [0.4, 0.5) is 11.4 Å². The smallest absolute Gasteiger partial charge is 0.229 e. The minimum absolute atomic E-state index is 0.0139. The highest BCUT2D eigenvalue weighted by atomic mass is 16.2. The zero-order chi connectivity index (χ0) is 21.1. The SMILES string of the molecule is CC(C)c1cccc(C(C)C)c1N1CC(C(=O)Nc2ccc(C#N)cc2)CC1=O. The number of amides is 2. The normalized spacial score (nSPS) is 16.4. The maximum Gasteiger partial charge on any atom is 0.229 e. The Bertz CT molecular complexity index is 929. The summed E-state index contributed by atoms with van der Waals surface area (Å²) in [5.41, 5.74) is 4.41. The second-order valence-electron chi connectivity index (χ2n) is 8.18. The molecule has 0 aliphatic carbocycles. The van der Waals surface area contributed by atoms with Crippen molar-refractivity contribution in [3.8, 4) is 6.07 Å². The molecule has 5 heteroatoms. The number of anilines is 2. The third-order valence-corrected chi connectivity index (χ3v) is 5.39. The number of nitrogens with one attached hydrogen (secondary N) is 1. The van der Waals surface area contributed by atoms with Gasteiger partial charge in [0.05, 0.1) is 23.2 Å². The van der Waals surface area contributed by atoms with Crippen LogP contribution in [0, 0.1) is 17.2 Å². The van der Waals surface area contributed by atoms with Crippen molar-refractivity contribution in [3.05, 3.63) is 59.2 Å². The molecule has 150 valence electrons. The van der Waals surface area contributed by atoms with Crippen molar-refractivity contribution in [2.45, 2.75) is 46.0 Å². The molecule has 1 saturated heterocycles. The van der Waals surface area contributed by atoms with Gasteiger partial charge in [0, 0.05) is 18.7 Å². The van der Waals surface area contributed by atoms with E-state index in [1.54, 1.807) is 29.2 Å². The minimum Gasteiger partial charge on any atom is -0.326 e. The summed E-state index contributed by atoms with van der Waals surface area (Å²) in [7, 11) is 0. The van der Waals surface area contributed by atoms with Crippen LogP contribution < -0.4 is 10.2 Å². The van der Waals surface area contributed by atoms with Gasteiger partial charge in [-0.3, -0.25) is 9.59 Å². The minimum atomic E-state index is -0.404. The first-order valence-corrected chi connectivity index (χ1v) is 10.1. The predicted octanol–water partition coefficient (Wildman–Crippen LogP) is 4.80. The van der Waals surface area contributed by atoms with Gasteiger partial charge in [0.1, 0.15) is 0 Å². The van der Waals surface area contributed by atoms with Crippen molar-refractivity contribution < 1.29 is 9.59 Å². The number of para-hydroxylation sites is 1. The summed E-state index contributed by atoms with van der Waals surface area (Å²) in [6.45, 7) is 8.87. The van der Waals surface area contributed by atoms with Gasteiger partial charge in [-0.05, 0) is 47.2 Å². The van der Waals surface area contributed by atoms with Crippen LogP contribution in [0.3, 0.4) is 0 Å². The van der Waals surface area contributed by atoms with E-state index in [1.165, 1.54) is 0 Å². The Morgan fingerprint density at radius 2 is 1.66 bits per heavy atom. The number of hydrogen-bond donors (Lipinski definition) is 1. The molecule has 0 radical (unpaired) electrons. The molecule has 1 fully saturated rings. The summed E-state index contributed by atoms with van der Waals surface area (Å²) in [4.78, 5) is 27.5. The molecule has 2 aromatic rings. The van der Waals surface area contributed by atoms with Gasteiger partial charge in [-0.15, -0.1) is 0 Å². The Morgan fingerprint density at radius 3 is 2.17 bits per heavy atom. The average Bonchev–Trinajstić information content (AvgIpc) is 3.09. The van der Waals surface area contributed by atoms with Crippen LogP contribution in [0.5, 0.6) is 0 Å². The Labute approximate surface area is 172 Å². The fourth-order valence-corrected chi connectivity index (χ4v) is 3.80. The number of carbonyl (C=O) groups is 2. The molecule has 1 N–H and O–H groups in total. The lowest BCUT2D eigenvalue weighted by molar-refractivity contribution is -0.122. The first-order valence-electron chi connectivity index (χ1n) is 10.1. The van der Waals surface area contributed by atoms with Crippen molar-refractivity contribution in [3.63, 3.8) is 0 Å². The summed E-state index contributed by atoms with van der Waals surface area (Å²) in [6.07, 6.45) is 0.200. The van der Waals surface area contributed by atoms with Gasteiger partial charge in [0.25, 0.3) is 0 Å². The summed E-state index contributed by atoms with van der Waals surface area (Å²) < 4.78 is 0. The van der Waals surface area contributed by atoms with Crippen LogP contribution in [0.15, 0.2) is 42.5 Å². The number of benzene rings is 2. The van der Waals surface area contributed by atoms with E-state index in [2.05, 4.69) is 51.2 Å². The highest BCUT2D eigenvalue weighted by Crippen LogP contribution is 2.38. The third kappa shape index (κ3) is 4.32. The first-order chi connectivity index (χ1) is 13.8. The maximum absolute atomic E-state index is 12.9. The third-order valence-electron chi connectivity index (χ3n) is 5.39. The van der Waals surface area contributed by atoms with Gasteiger partial charge in [-0.25, -0.2) is 0 Å². The van der Waals surface area contributed by atoms with E-state index < -0.39 is 5.92 Å². The van der Waals surface area contributed by atoms with Crippen molar-refractivity contribution in [2.75, 3.05) is 16.8 Å². The summed E-state index contributed by atoms with van der Waals surface area (Å²) >= 11 is 0. The van der Waals surface area contributed by atoms with Gasteiger partial charge >= 0.3 is 0 Å². The molecule has 2 amide bonds. The van der Waals surface area contributed by atoms with Gasteiger partial charge in [-0.2, -0.15) is 5.26 Å². The summed E-state index contributed by atoms with van der Waals surface area (Å²) in [6, 6.07) is 15.0. The number of rotatable bonds is 5. The maximum atomic E-state index is 12.9. The average molecular weight is 389 g/mol. The topological polar surface area (TPSA) is 73.2 Å². The van der Waals surface area contributed by atoms with Crippen LogP contribution >= 0.6 is 0 Å². The molecule has 0 aromatic heterocycles. The first kappa shape index (κ1) is 20.6. The monoisotopic (exact) mass is 389 g/mol. The van der Waals surface area contributed by atoms with Crippen LogP contribution in [-0.2, 0) is 9.59 Å². The molecule has 2 aromatic carbocycles. The molecule has 1 unspecified atom stereocenters. The molecule has 29 heavy (non-hydrogen) atoms. The van der Waals surface area contributed by atoms with Crippen LogP contribution in [0.25, 0.3) is 0 Å². The molecule has 3 rings (SSSR count). The van der Waals surface area contributed by atoms with Gasteiger partial charge in [0.2, 0.25) is 11.8 Å². The molecule has 0 saturated carbocycles. The Kier molecular flexibility index (Phi) is 6.03. The van der Waals surface area contributed by atoms with E-state index in [-0.39, 0.29) is 30.1 Å². The highest BCUT2D eigenvalue weighted by molar-refractivity contribution is 6.04. The molecule has 1 aliphatic rings. The molecular formula is C24H27N3O2. The van der Waals surface area contributed by atoms with Gasteiger partial charge in [0.15, 0.2) is 0 Å². The standard InChI is InChI=1S/C24H27N3O2/c1-15(2)20-6-5-7-21(16(3)4)23(20)27-14-18(12-22(27)28)24(29)26-19-10-8-17(13-25)9-11-19/h5-11,15-16,18H,12,14H2,1-4H3,(H,26,29). The van der Waals surface area contributed by atoms with Crippen molar-refractivity contribution >= 4 is 23.2 Å². The number of carbonyl (C=O) groups excluding carboxylic acids is 2. The Morgan fingerprint density at radius 1 is 1.07 bits per heavy atom. The molecule has 1 heterocycles. The lowest BCUT2D eigenvalue weighted by Gasteiger charge is -2.27. The van der Waals surface area contributed by atoms with Gasteiger partial charge in [-0.1, -0.05) is 45.9 Å². The van der Waals surface area contributed by atoms with Gasteiger partial charge < -0.3 is 10.2 Å². The van der Waals surface area contributed by atoms with E-state index in [1.807, 2.05) is 6.07 Å². The van der Waals surface area contributed by atoms with E-state index >= 15 is 0 Å². The lowest BCUT2D eigenvalue weighted by atomic mass is 9.92. The molecule has 0 spiro atoms. The van der Waals surface area contributed by atoms with Crippen molar-refractivity contribution in [2.24, 2.45) is 5.92 Å². The zero-order valence-corrected chi connectivity index (χ0v) is 17.4. The fraction of sp³-hybridized carbons (Fsp3) is 0.375. The Hall–Kier alpha value is -3.13. The van der Waals surface area contributed by atoms with E-state index in [4.69, 9.17) is 5.26 Å². The number of nitriles is 1. The lowest BCUT2D eigenvalue weighted by Crippen LogP contribution is -2.30. The predicted molar refractivity (Wildman–Crippen MR) is 115 cm³/mol. The van der Waals surface area contributed by atoms with Crippen LogP contribution in [-0.4, -0.2) is 18.4 Å². The quantitative estimate of drug-likeness (QED) is 0.798. The largest absolute Gasteiger partial charge is 0.326 e. The second-order valence-corrected chi connectivity index (χ2v) is 8.18. The molecule has 1 aliphatic heterocycles. The van der Waals surface area contributed by atoms with E-state index in [9.17, 15) is 9.59 Å².